The van der Waals surface area contributed by atoms with Crippen LogP contribution in [0.2, 0.25) is 0 Å². The lowest BCUT2D eigenvalue weighted by molar-refractivity contribution is -0.142. The van der Waals surface area contributed by atoms with Gasteiger partial charge in [0, 0.05) is 24.0 Å². The highest BCUT2D eigenvalue weighted by Gasteiger charge is 2.27. The van der Waals surface area contributed by atoms with Crippen LogP contribution in [0, 0.1) is 0 Å². The number of amides is 1. The molecule has 3 aromatic rings. The molecule has 2 aromatic carbocycles. The molecule has 0 unspecified atom stereocenters. The molecule has 3 rings (SSSR count). The van der Waals surface area contributed by atoms with Gasteiger partial charge < -0.3 is 14.2 Å². The van der Waals surface area contributed by atoms with Crippen LogP contribution >= 0.6 is 0 Å². The minimum Gasteiger partial charge on any atom is -0.367 e. The maximum absolute atomic E-state index is 13.0. The molecule has 0 aliphatic rings. The molecule has 0 N–H and O–H groups in total. The summed E-state index contributed by atoms with van der Waals surface area (Å²) in [4.78, 5) is 14.9. The number of rotatable bonds is 8. The SMILES string of the molecule is CC(C)(C)N(Cc1cccn1Cc1ccccc1)C(=O)COCc1ccccc1. The fourth-order valence-electron chi connectivity index (χ4n) is 3.30. The monoisotopic (exact) mass is 390 g/mol. The van der Waals surface area contributed by atoms with Gasteiger partial charge >= 0.3 is 0 Å². The summed E-state index contributed by atoms with van der Waals surface area (Å²) in [6.07, 6.45) is 2.07. The molecule has 0 atom stereocenters. The third-order valence-corrected chi connectivity index (χ3v) is 4.89. The van der Waals surface area contributed by atoms with Gasteiger partial charge in [-0.15, -0.1) is 0 Å². The molecule has 29 heavy (non-hydrogen) atoms. The van der Waals surface area contributed by atoms with E-state index in [4.69, 9.17) is 4.74 Å². The molecule has 4 heteroatoms. The number of carbonyl (C=O) groups excluding carboxylic acids is 1. The maximum atomic E-state index is 13.0. The summed E-state index contributed by atoms with van der Waals surface area (Å²) in [5.41, 5.74) is 3.12. The van der Waals surface area contributed by atoms with Gasteiger partial charge in [0.1, 0.15) is 6.61 Å². The van der Waals surface area contributed by atoms with Crippen molar-refractivity contribution in [2.45, 2.75) is 46.0 Å². The predicted molar refractivity (Wildman–Crippen MR) is 116 cm³/mol. The van der Waals surface area contributed by atoms with Crippen molar-refractivity contribution >= 4 is 5.91 Å². The zero-order valence-electron chi connectivity index (χ0n) is 17.5. The topological polar surface area (TPSA) is 34.5 Å². The molecule has 0 aliphatic heterocycles. The van der Waals surface area contributed by atoms with Crippen molar-refractivity contribution < 1.29 is 9.53 Å². The Bertz CT molecular complexity index is 895. The molecular formula is C25H30N2O2. The molecule has 0 saturated carbocycles. The summed E-state index contributed by atoms with van der Waals surface area (Å²) in [6, 6.07) is 24.4. The van der Waals surface area contributed by atoms with Gasteiger partial charge in [-0.2, -0.15) is 0 Å². The highest BCUT2D eigenvalue weighted by molar-refractivity contribution is 5.78. The molecule has 152 valence electrons. The van der Waals surface area contributed by atoms with Crippen molar-refractivity contribution in [2.24, 2.45) is 0 Å². The van der Waals surface area contributed by atoms with Crippen LogP contribution in [0.3, 0.4) is 0 Å². The first-order chi connectivity index (χ1) is 13.9. The Morgan fingerprint density at radius 3 is 2.14 bits per heavy atom. The fraction of sp³-hybridized carbons (Fsp3) is 0.320. The first kappa shape index (κ1) is 20.9. The number of nitrogens with zero attached hydrogens (tertiary/aromatic N) is 2. The van der Waals surface area contributed by atoms with E-state index in [1.54, 1.807) is 0 Å². The smallest absolute Gasteiger partial charge is 0.249 e. The highest BCUT2D eigenvalue weighted by atomic mass is 16.5. The summed E-state index contributed by atoms with van der Waals surface area (Å²) in [5.74, 6) is 0.000826. The molecule has 4 nitrogen and oxygen atoms in total. The van der Waals surface area contributed by atoms with Gasteiger partial charge in [-0.25, -0.2) is 0 Å². The molecule has 0 saturated heterocycles. The number of hydrogen-bond acceptors (Lipinski definition) is 2. The van der Waals surface area contributed by atoms with Crippen LogP contribution in [-0.4, -0.2) is 27.5 Å². The molecule has 0 spiro atoms. The summed E-state index contributed by atoms with van der Waals surface area (Å²) < 4.78 is 7.91. The van der Waals surface area contributed by atoms with E-state index in [1.807, 2.05) is 59.5 Å². The number of benzene rings is 2. The molecule has 0 fully saturated rings. The number of carbonyl (C=O) groups is 1. The van der Waals surface area contributed by atoms with E-state index in [9.17, 15) is 4.79 Å². The lowest BCUT2D eigenvalue weighted by Crippen LogP contribution is -2.47. The van der Waals surface area contributed by atoms with E-state index in [2.05, 4.69) is 49.7 Å². The zero-order chi connectivity index (χ0) is 20.7. The molecule has 1 amide bonds. The summed E-state index contributed by atoms with van der Waals surface area (Å²) in [5, 5.41) is 0. The second kappa shape index (κ2) is 9.57. The Hall–Kier alpha value is -2.85. The largest absolute Gasteiger partial charge is 0.367 e. The molecule has 1 aromatic heterocycles. The Morgan fingerprint density at radius 1 is 0.897 bits per heavy atom. The summed E-state index contributed by atoms with van der Waals surface area (Å²) in [7, 11) is 0. The molecule has 0 aliphatic carbocycles. The number of hydrogen-bond donors (Lipinski definition) is 0. The quantitative estimate of drug-likeness (QED) is 0.549. The normalized spacial score (nSPS) is 11.4. The average Bonchev–Trinajstić information content (AvgIpc) is 3.13. The van der Waals surface area contributed by atoms with Crippen molar-refractivity contribution in [3.8, 4) is 0 Å². The second-order valence-electron chi connectivity index (χ2n) is 8.24. The van der Waals surface area contributed by atoms with Crippen LogP contribution in [0.25, 0.3) is 0 Å². The van der Waals surface area contributed by atoms with Gasteiger partial charge in [-0.1, -0.05) is 60.7 Å². The van der Waals surface area contributed by atoms with Gasteiger partial charge in [0.2, 0.25) is 5.91 Å². The van der Waals surface area contributed by atoms with E-state index in [-0.39, 0.29) is 18.1 Å². The van der Waals surface area contributed by atoms with Crippen LogP contribution in [0.15, 0.2) is 79.0 Å². The van der Waals surface area contributed by atoms with Crippen LogP contribution in [0.4, 0.5) is 0 Å². The highest BCUT2D eigenvalue weighted by Crippen LogP contribution is 2.19. The van der Waals surface area contributed by atoms with E-state index < -0.39 is 0 Å². The third kappa shape index (κ3) is 6.06. The Labute approximate surface area is 173 Å². The minimum atomic E-state index is -0.297. The third-order valence-electron chi connectivity index (χ3n) is 4.89. The van der Waals surface area contributed by atoms with Gasteiger partial charge in [0.25, 0.3) is 0 Å². The molecule has 1 heterocycles. The Balaban J connectivity index is 1.65. The maximum Gasteiger partial charge on any atom is 0.249 e. The Kier molecular flexibility index (Phi) is 6.89. The van der Waals surface area contributed by atoms with Crippen LogP contribution < -0.4 is 0 Å². The lowest BCUT2D eigenvalue weighted by Gasteiger charge is -2.36. The van der Waals surface area contributed by atoms with Crippen molar-refractivity contribution in [2.75, 3.05) is 6.61 Å². The van der Waals surface area contributed by atoms with Crippen molar-refractivity contribution in [1.82, 2.24) is 9.47 Å². The van der Waals surface area contributed by atoms with E-state index >= 15 is 0 Å². The van der Waals surface area contributed by atoms with Gasteiger partial charge in [-0.05, 0) is 44.0 Å². The predicted octanol–water partition coefficient (Wildman–Crippen LogP) is 4.88. The van der Waals surface area contributed by atoms with Crippen LogP contribution in [0.1, 0.15) is 37.6 Å². The average molecular weight is 391 g/mol. The first-order valence-electron chi connectivity index (χ1n) is 10.0. The van der Waals surface area contributed by atoms with Crippen LogP contribution in [-0.2, 0) is 29.2 Å². The fourth-order valence-corrected chi connectivity index (χ4v) is 3.30. The first-order valence-corrected chi connectivity index (χ1v) is 10.0. The Morgan fingerprint density at radius 2 is 1.52 bits per heavy atom. The van der Waals surface area contributed by atoms with Crippen LogP contribution in [0.5, 0.6) is 0 Å². The van der Waals surface area contributed by atoms with Crippen molar-refractivity contribution in [3.05, 3.63) is 95.8 Å². The molecule has 0 radical (unpaired) electrons. The van der Waals surface area contributed by atoms with Crippen molar-refractivity contribution in [1.29, 1.82) is 0 Å². The lowest BCUT2D eigenvalue weighted by atomic mass is 10.1. The van der Waals surface area contributed by atoms with E-state index in [0.717, 1.165) is 17.8 Å². The number of ether oxygens (including phenoxy) is 1. The second-order valence-corrected chi connectivity index (χ2v) is 8.24. The van der Waals surface area contributed by atoms with E-state index in [1.165, 1.54) is 5.56 Å². The standard InChI is InChI=1S/C25H30N2O2/c1-25(2,3)27(24(28)20-29-19-22-13-8-5-9-14-22)18-23-15-10-16-26(23)17-21-11-6-4-7-12-21/h4-16H,17-20H2,1-3H3. The molecular weight excluding hydrogens is 360 g/mol. The van der Waals surface area contributed by atoms with Crippen molar-refractivity contribution in [3.63, 3.8) is 0 Å². The van der Waals surface area contributed by atoms with E-state index in [0.29, 0.717) is 13.2 Å². The summed E-state index contributed by atoms with van der Waals surface area (Å²) >= 11 is 0. The number of aromatic nitrogens is 1. The molecule has 0 bridgehead atoms. The van der Waals surface area contributed by atoms with Gasteiger partial charge in [-0.3, -0.25) is 4.79 Å². The summed E-state index contributed by atoms with van der Waals surface area (Å²) in [6.45, 7) is 8.04. The van der Waals surface area contributed by atoms with Gasteiger partial charge in [0.05, 0.1) is 13.2 Å². The van der Waals surface area contributed by atoms with Gasteiger partial charge in [0.15, 0.2) is 0 Å². The minimum absolute atomic E-state index is 0.000826. The zero-order valence-corrected chi connectivity index (χ0v) is 17.5.